The Morgan fingerprint density at radius 1 is 1.20 bits per heavy atom. The van der Waals surface area contributed by atoms with E-state index in [1.54, 1.807) is 12.5 Å². The summed E-state index contributed by atoms with van der Waals surface area (Å²) >= 11 is 0. The van der Waals surface area contributed by atoms with Crippen molar-refractivity contribution in [3.05, 3.63) is 42.3 Å². The predicted molar refractivity (Wildman–Crippen MR) is 55.1 cm³/mol. The largest absolute Gasteiger partial charge is 0.445 e. The zero-order chi connectivity index (χ0) is 10.3. The summed E-state index contributed by atoms with van der Waals surface area (Å²) in [4.78, 5) is 4.06. The van der Waals surface area contributed by atoms with Crippen molar-refractivity contribution >= 4 is 0 Å². The lowest BCUT2D eigenvalue weighted by atomic mass is 10.1. The van der Waals surface area contributed by atoms with Crippen molar-refractivity contribution in [1.29, 1.82) is 0 Å². The van der Waals surface area contributed by atoms with Crippen molar-refractivity contribution in [2.75, 3.05) is 0 Å². The Labute approximate surface area is 87.4 Å². The van der Waals surface area contributed by atoms with Crippen molar-refractivity contribution in [2.45, 2.75) is 18.4 Å². The van der Waals surface area contributed by atoms with Gasteiger partial charge in [0.1, 0.15) is 6.26 Å². The normalized spacial score (nSPS) is 17.7. The number of hydrogen-bond acceptors (Lipinski definition) is 3. The van der Waals surface area contributed by atoms with Crippen LogP contribution in [0.5, 0.6) is 0 Å². The summed E-state index contributed by atoms with van der Waals surface area (Å²) in [5, 5.41) is 9.88. The molecule has 0 atom stereocenters. The molecule has 1 N–H and O–H groups in total. The standard InChI is InChI=1S/C12H11NO2/c14-12(5-6-12)10-3-1-9(2-4-10)11-13-7-8-15-11/h1-4,7-8,14H,5-6H2. The number of hydrogen-bond donors (Lipinski definition) is 1. The average molecular weight is 201 g/mol. The Hall–Kier alpha value is -1.61. The molecule has 3 heteroatoms. The van der Waals surface area contributed by atoms with Crippen molar-refractivity contribution in [3.63, 3.8) is 0 Å². The molecule has 76 valence electrons. The molecule has 0 spiro atoms. The lowest BCUT2D eigenvalue weighted by Gasteiger charge is -2.07. The third-order valence-electron chi connectivity index (χ3n) is 2.83. The van der Waals surface area contributed by atoms with Gasteiger partial charge in [0.2, 0.25) is 5.89 Å². The predicted octanol–water partition coefficient (Wildman–Crippen LogP) is 2.32. The van der Waals surface area contributed by atoms with Gasteiger partial charge in [0, 0.05) is 5.56 Å². The second-order valence-electron chi connectivity index (χ2n) is 3.95. The van der Waals surface area contributed by atoms with E-state index in [0.29, 0.717) is 5.89 Å². The Balaban J connectivity index is 1.94. The van der Waals surface area contributed by atoms with E-state index in [9.17, 15) is 5.11 Å². The summed E-state index contributed by atoms with van der Waals surface area (Å²) in [6, 6.07) is 7.73. The van der Waals surface area contributed by atoms with Crippen LogP contribution in [0.3, 0.4) is 0 Å². The van der Waals surface area contributed by atoms with Crippen molar-refractivity contribution in [2.24, 2.45) is 0 Å². The van der Waals surface area contributed by atoms with Crippen LogP contribution in [-0.2, 0) is 5.60 Å². The highest BCUT2D eigenvalue weighted by molar-refractivity contribution is 5.54. The first-order valence-corrected chi connectivity index (χ1v) is 5.01. The topological polar surface area (TPSA) is 46.3 Å². The molecule has 0 unspecified atom stereocenters. The van der Waals surface area contributed by atoms with Crippen LogP contribution in [0.4, 0.5) is 0 Å². The fourth-order valence-electron chi connectivity index (χ4n) is 1.70. The minimum atomic E-state index is -0.560. The van der Waals surface area contributed by atoms with Crippen LogP contribution >= 0.6 is 0 Å². The van der Waals surface area contributed by atoms with Gasteiger partial charge >= 0.3 is 0 Å². The Kier molecular flexibility index (Phi) is 1.70. The fraction of sp³-hybridized carbons (Fsp3) is 0.250. The van der Waals surface area contributed by atoms with Crippen LogP contribution in [0.2, 0.25) is 0 Å². The summed E-state index contributed by atoms with van der Waals surface area (Å²) in [5.41, 5.74) is 1.36. The Morgan fingerprint density at radius 3 is 2.47 bits per heavy atom. The molecule has 1 aromatic heterocycles. The molecule has 3 rings (SSSR count). The molecule has 1 aromatic carbocycles. The van der Waals surface area contributed by atoms with Crippen LogP contribution in [-0.4, -0.2) is 10.1 Å². The van der Waals surface area contributed by atoms with Gasteiger partial charge in [0.15, 0.2) is 0 Å². The number of oxazole rings is 1. The number of rotatable bonds is 2. The zero-order valence-corrected chi connectivity index (χ0v) is 8.18. The maximum absolute atomic E-state index is 9.88. The number of benzene rings is 1. The molecule has 1 fully saturated rings. The molecule has 0 saturated heterocycles. The van der Waals surface area contributed by atoms with E-state index in [1.165, 1.54) is 0 Å². The highest BCUT2D eigenvalue weighted by atomic mass is 16.3. The van der Waals surface area contributed by atoms with E-state index in [-0.39, 0.29) is 0 Å². The van der Waals surface area contributed by atoms with Gasteiger partial charge in [0.05, 0.1) is 11.8 Å². The first kappa shape index (κ1) is 8.68. The molecule has 0 radical (unpaired) electrons. The van der Waals surface area contributed by atoms with Gasteiger partial charge in [-0.2, -0.15) is 0 Å². The minimum Gasteiger partial charge on any atom is -0.445 e. The number of aliphatic hydroxyl groups is 1. The molecular formula is C12H11NO2. The summed E-state index contributed by atoms with van der Waals surface area (Å²) in [7, 11) is 0. The molecular weight excluding hydrogens is 190 g/mol. The number of aromatic nitrogens is 1. The third kappa shape index (κ3) is 1.45. The van der Waals surface area contributed by atoms with E-state index < -0.39 is 5.60 Å². The molecule has 2 aromatic rings. The van der Waals surface area contributed by atoms with Gasteiger partial charge in [-0.1, -0.05) is 12.1 Å². The highest BCUT2D eigenvalue weighted by Crippen LogP contribution is 2.45. The summed E-state index contributed by atoms with van der Waals surface area (Å²) < 4.78 is 5.19. The van der Waals surface area contributed by atoms with E-state index >= 15 is 0 Å². The summed E-state index contributed by atoms with van der Waals surface area (Å²) in [6.45, 7) is 0. The van der Waals surface area contributed by atoms with Gasteiger partial charge in [-0.25, -0.2) is 4.98 Å². The molecule has 0 amide bonds. The average Bonchev–Trinajstić information content (AvgIpc) is 2.84. The van der Waals surface area contributed by atoms with Crippen LogP contribution in [0.15, 0.2) is 41.1 Å². The lowest BCUT2D eigenvalue weighted by molar-refractivity contribution is 0.151. The van der Waals surface area contributed by atoms with Crippen molar-refractivity contribution < 1.29 is 9.52 Å². The SMILES string of the molecule is OC1(c2ccc(-c3ncco3)cc2)CC1. The monoisotopic (exact) mass is 201 g/mol. The molecule has 1 aliphatic rings. The minimum absolute atomic E-state index is 0.560. The maximum Gasteiger partial charge on any atom is 0.225 e. The van der Waals surface area contributed by atoms with Crippen molar-refractivity contribution in [3.8, 4) is 11.5 Å². The molecule has 0 aliphatic heterocycles. The van der Waals surface area contributed by atoms with E-state index in [0.717, 1.165) is 24.0 Å². The summed E-state index contributed by atoms with van der Waals surface area (Å²) in [6.07, 6.45) is 4.91. The number of nitrogens with zero attached hydrogens (tertiary/aromatic N) is 1. The van der Waals surface area contributed by atoms with Gasteiger partial charge < -0.3 is 9.52 Å². The second-order valence-corrected chi connectivity index (χ2v) is 3.95. The van der Waals surface area contributed by atoms with Gasteiger partial charge in [-0.15, -0.1) is 0 Å². The van der Waals surface area contributed by atoms with Crippen LogP contribution in [0.25, 0.3) is 11.5 Å². The Morgan fingerprint density at radius 2 is 1.93 bits per heavy atom. The first-order chi connectivity index (χ1) is 7.28. The first-order valence-electron chi connectivity index (χ1n) is 5.01. The van der Waals surface area contributed by atoms with Gasteiger partial charge in [-0.3, -0.25) is 0 Å². The molecule has 1 saturated carbocycles. The van der Waals surface area contributed by atoms with E-state index in [4.69, 9.17) is 4.42 Å². The molecule has 1 aliphatic carbocycles. The van der Waals surface area contributed by atoms with E-state index in [2.05, 4.69) is 4.98 Å². The molecule has 0 bridgehead atoms. The van der Waals surface area contributed by atoms with Crippen LogP contribution < -0.4 is 0 Å². The van der Waals surface area contributed by atoms with Gasteiger partial charge in [0.25, 0.3) is 0 Å². The zero-order valence-electron chi connectivity index (χ0n) is 8.18. The highest BCUT2D eigenvalue weighted by Gasteiger charge is 2.41. The molecule has 3 nitrogen and oxygen atoms in total. The fourth-order valence-corrected chi connectivity index (χ4v) is 1.70. The van der Waals surface area contributed by atoms with Crippen molar-refractivity contribution in [1.82, 2.24) is 4.98 Å². The summed E-state index contributed by atoms with van der Waals surface area (Å²) in [5.74, 6) is 0.615. The quantitative estimate of drug-likeness (QED) is 0.811. The van der Waals surface area contributed by atoms with Crippen LogP contribution in [0.1, 0.15) is 18.4 Å². The maximum atomic E-state index is 9.88. The Bertz CT molecular complexity index is 455. The van der Waals surface area contributed by atoms with Crippen LogP contribution in [0, 0.1) is 0 Å². The van der Waals surface area contributed by atoms with Gasteiger partial charge in [-0.05, 0) is 30.5 Å². The molecule has 1 heterocycles. The lowest BCUT2D eigenvalue weighted by Crippen LogP contribution is -2.03. The van der Waals surface area contributed by atoms with E-state index in [1.807, 2.05) is 24.3 Å². The second kappa shape index (κ2) is 2.94. The third-order valence-corrected chi connectivity index (χ3v) is 2.83. The molecule has 15 heavy (non-hydrogen) atoms. The smallest absolute Gasteiger partial charge is 0.225 e.